The Morgan fingerprint density at radius 3 is 2.26 bits per heavy atom. The summed E-state index contributed by atoms with van der Waals surface area (Å²) >= 11 is 7.41. The lowest BCUT2D eigenvalue weighted by Gasteiger charge is -2.20. The van der Waals surface area contributed by atoms with Crippen molar-refractivity contribution in [3.63, 3.8) is 0 Å². The Hall–Kier alpha value is -1.72. The zero-order valence-electron chi connectivity index (χ0n) is 13.3. The molecule has 0 radical (unpaired) electrons. The summed E-state index contributed by atoms with van der Waals surface area (Å²) in [6, 6.07) is 11.0. The van der Waals surface area contributed by atoms with Gasteiger partial charge in [-0.15, -0.1) is 11.3 Å². The Morgan fingerprint density at radius 1 is 1.09 bits per heavy atom. The minimum Gasteiger partial charge on any atom is -0.494 e. The van der Waals surface area contributed by atoms with Crippen molar-refractivity contribution in [3.05, 3.63) is 45.6 Å². The van der Waals surface area contributed by atoms with E-state index in [1.807, 2.05) is 38.1 Å². The average Bonchev–Trinajstić information content (AvgIpc) is 2.97. The Morgan fingerprint density at radius 2 is 1.74 bits per heavy atom. The first kappa shape index (κ1) is 17.6. The van der Waals surface area contributed by atoms with E-state index in [1.54, 1.807) is 17.0 Å². The minimum atomic E-state index is -0.0501. The third-order valence-electron chi connectivity index (χ3n) is 3.21. The van der Waals surface area contributed by atoms with Crippen LogP contribution in [0.25, 0.3) is 0 Å². The molecule has 6 heteroatoms. The van der Waals surface area contributed by atoms with Gasteiger partial charge in [-0.1, -0.05) is 11.6 Å². The van der Waals surface area contributed by atoms with Crippen LogP contribution in [0.2, 0.25) is 4.34 Å². The fraction of sp³-hybridized carbons (Fsp3) is 0.353. The molecule has 124 valence electrons. The summed E-state index contributed by atoms with van der Waals surface area (Å²) in [5, 5.41) is 0. The molecule has 1 aromatic heterocycles. The molecule has 0 spiro atoms. The number of amides is 1. The summed E-state index contributed by atoms with van der Waals surface area (Å²) in [7, 11) is 0. The highest BCUT2D eigenvalue weighted by Gasteiger charge is 2.14. The van der Waals surface area contributed by atoms with Crippen molar-refractivity contribution in [2.75, 3.05) is 19.8 Å². The molecule has 0 atom stereocenters. The van der Waals surface area contributed by atoms with Gasteiger partial charge in [-0.3, -0.25) is 4.79 Å². The minimum absolute atomic E-state index is 0.0148. The van der Waals surface area contributed by atoms with E-state index in [-0.39, 0.29) is 12.5 Å². The van der Waals surface area contributed by atoms with Gasteiger partial charge in [0.05, 0.1) is 17.5 Å². The molecular formula is C17H20ClNO3S. The number of benzene rings is 1. The average molecular weight is 354 g/mol. The maximum absolute atomic E-state index is 12.3. The summed E-state index contributed by atoms with van der Waals surface area (Å²) in [4.78, 5) is 15.1. The zero-order chi connectivity index (χ0) is 16.7. The second kappa shape index (κ2) is 8.79. The standard InChI is InChI=1S/C17H20ClNO3S/c1-3-19(11-15-9-10-16(18)23-15)17(20)12-22-14-7-5-13(6-8-14)21-4-2/h5-10H,3-4,11-12H2,1-2H3. The Bertz CT molecular complexity index is 627. The van der Waals surface area contributed by atoms with Gasteiger partial charge in [0.2, 0.25) is 0 Å². The van der Waals surface area contributed by atoms with Crippen LogP contribution in [0.3, 0.4) is 0 Å². The molecule has 0 saturated carbocycles. The number of ether oxygens (including phenoxy) is 2. The molecule has 0 saturated heterocycles. The number of halogens is 1. The molecule has 0 fully saturated rings. The SMILES string of the molecule is CCOc1ccc(OCC(=O)N(CC)Cc2ccc(Cl)s2)cc1. The molecule has 0 aliphatic heterocycles. The van der Waals surface area contributed by atoms with Gasteiger partial charge in [0.15, 0.2) is 6.61 Å². The van der Waals surface area contributed by atoms with E-state index in [9.17, 15) is 4.79 Å². The van der Waals surface area contributed by atoms with Gasteiger partial charge < -0.3 is 14.4 Å². The second-order valence-electron chi connectivity index (χ2n) is 4.81. The van der Waals surface area contributed by atoms with Crippen LogP contribution in [-0.4, -0.2) is 30.6 Å². The van der Waals surface area contributed by atoms with E-state index in [2.05, 4.69) is 0 Å². The molecule has 0 aliphatic rings. The number of carbonyl (C=O) groups is 1. The van der Waals surface area contributed by atoms with Gasteiger partial charge in [-0.2, -0.15) is 0 Å². The molecule has 0 unspecified atom stereocenters. The number of rotatable bonds is 8. The maximum atomic E-state index is 12.3. The maximum Gasteiger partial charge on any atom is 0.260 e. The molecule has 1 aromatic carbocycles. The molecule has 1 heterocycles. The van der Waals surface area contributed by atoms with Gasteiger partial charge in [0.25, 0.3) is 5.91 Å². The van der Waals surface area contributed by atoms with E-state index >= 15 is 0 Å². The van der Waals surface area contributed by atoms with Crippen molar-refractivity contribution in [1.29, 1.82) is 0 Å². The summed E-state index contributed by atoms with van der Waals surface area (Å²) < 4.78 is 11.7. The van der Waals surface area contributed by atoms with Crippen molar-refractivity contribution in [3.8, 4) is 11.5 Å². The normalized spacial score (nSPS) is 10.4. The lowest BCUT2D eigenvalue weighted by atomic mass is 10.3. The van der Waals surface area contributed by atoms with Gasteiger partial charge in [0.1, 0.15) is 11.5 Å². The lowest BCUT2D eigenvalue weighted by Crippen LogP contribution is -2.34. The summed E-state index contributed by atoms with van der Waals surface area (Å²) in [5.74, 6) is 1.39. The van der Waals surface area contributed by atoms with E-state index in [0.717, 1.165) is 15.0 Å². The number of hydrogen-bond donors (Lipinski definition) is 0. The van der Waals surface area contributed by atoms with Gasteiger partial charge >= 0.3 is 0 Å². The first-order valence-corrected chi connectivity index (χ1v) is 8.69. The Labute approximate surface area is 145 Å². The Kier molecular flexibility index (Phi) is 6.74. The highest BCUT2D eigenvalue weighted by Crippen LogP contribution is 2.23. The van der Waals surface area contributed by atoms with Gasteiger partial charge in [-0.25, -0.2) is 0 Å². The fourth-order valence-corrected chi connectivity index (χ4v) is 3.14. The van der Waals surface area contributed by atoms with Crippen LogP contribution in [0.4, 0.5) is 0 Å². The van der Waals surface area contributed by atoms with Crippen molar-refractivity contribution in [1.82, 2.24) is 4.90 Å². The largest absolute Gasteiger partial charge is 0.494 e. The molecule has 1 amide bonds. The lowest BCUT2D eigenvalue weighted by molar-refractivity contribution is -0.133. The topological polar surface area (TPSA) is 38.8 Å². The molecule has 4 nitrogen and oxygen atoms in total. The molecule has 0 aliphatic carbocycles. The van der Waals surface area contributed by atoms with Crippen LogP contribution in [0.5, 0.6) is 11.5 Å². The summed E-state index contributed by atoms with van der Waals surface area (Å²) in [5.41, 5.74) is 0. The summed E-state index contributed by atoms with van der Waals surface area (Å²) in [6.07, 6.45) is 0. The molecule has 2 rings (SSSR count). The van der Waals surface area contributed by atoms with E-state index in [4.69, 9.17) is 21.1 Å². The molecule has 0 bridgehead atoms. The number of nitrogens with zero attached hydrogens (tertiary/aromatic N) is 1. The van der Waals surface area contributed by atoms with Crippen molar-refractivity contribution in [2.24, 2.45) is 0 Å². The zero-order valence-corrected chi connectivity index (χ0v) is 14.8. The van der Waals surface area contributed by atoms with Crippen LogP contribution in [0.1, 0.15) is 18.7 Å². The predicted molar refractivity (Wildman–Crippen MR) is 93.5 cm³/mol. The Balaban J connectivity index is 1.86. The fourth-order valence-electron chi connectivity index (χ4n) is 2.04. The van der Waals surface area contributed by atoms with Gasteiger partial charge in [-0.05, 0) is 50.2 Å². The van der Waals surface area contributed by atoms with Crippen LogP contribution in [0.15, 0.2) is 36.4 Å². The van der Waals surface area contributed by atoms with Crippen LogP contribution >= 0.6 is 22.9 Å². The number of thiophene rings is 1. The number of hydrogen-bond acceptors (Lipinski definition) is 4. The third-order valence-corrected chi connectivity index (χ3v) is 4.42. The van der Waals surface area contributed by atoms with Crippen LogP contribution < -0.4 is 9.47 Å². The monoisotopic (exact) mass is 353 g/mol. The molecular weight excluding hydrogens is 334 g/mol. The highest BCUT2D eigenvalue weighted by atomic mass is 35.5. The van der Waals surface area contributed by atoms with Crippen molar-refractivity contribution < 1.29 is 14.3 Å². The first-order chi connectivity index (χ1) is 11.1. The second-order valence-corrected chi connectivity index (χ2v) is 6.61. The van der Waals surface area contributed by atoms with Crippen molar-refractivity contribution in [2.45, 2.75) is 20.4 Å². The van der Waals surface area contributed by atoms with Crippen molar-refractivity contribution >= 4 is 28.8 Å². The van der Waals surface area contributed by atoms with Crippen LogP contribution in [0, 0.1) is 0 Å². The number of likely N-dealkylation sites (N-methyl/N-ethyl adjacent to an activating group) is 1. The summed E-state index contributed by atoms with van der Waals surface area (Å²) in [6.45, 7) is 5.70. The van der Waals surface area contributed by atoms with E-state index in [1.165, 1.54) is 11.3 Å². The van der Waals surface area contributed by atoms with E-state index in [0.29, 0.717) is 25.4 Å². The predicted octanol–water partition coefficient (Wildman–Crippen LogP) is 4.23. The quantitative estimate of drug-likeness (QED) is 0.713. The molecule has 2 aromatic rings. The first-order valence-electron chi connectivity index (χ1n) is 7.50. The van der Waals surface area contributed by atoms with E-state index < -0.39 is 0 Å². The molecule has 23 heavy (non-hydrogen) atoms. The van der Waals surface area contributed by atoms with Crippen LogP contribution in [-0.2, 0) is 11.3 Å². The highest BCUT2D eigenvalue weighted by molar-refractivity contribution is 7.16. The third kappa shape index (κ3) is 5.44. The molecule has 0 N–H and O–H groups in total. The smallest absolute Gasteiger partial charge is 0.260 e. The number of carbonyl (C=O) groups excluding carboxylic acids is 1. The van der Waals surface area contributed by atoms with Gasteiger partial charge in [0, 0.05) is 11.4 Å².